The maximum Gasteiger partial charge on any atom is 0.291 e. The van der Waals surface area contributed by atoms with Crippen molar-refractivity contribution < 1.29 is 4.84 Å². The predicted molar refractivity (Wildman–Crippen MR) is 66.7 cm³/mol. The van der Waals surface area contributed by atoms with Crippen LogP contribution in [0.25, 0.3) is 5.52 Å². The minimum Gasteiger partial charge on any atom is -0.390 e. The average Bonchev–Trinajstić information content (AvgIpc) is 3.01. The number of oxime groups is 1. The van der Waals surface area contributed by atoms with E-state index in [1.54, 1.807) is 23.0 Å². The molecule has 1 aliphatic heterocycles. The van der Waals surface area contributed by atoms with Crippen LogP contribution in [0.2, 0.25) is 0 Å². The summed E-state index contributed by atoms with van der Waals surface area (Å²) in [5.74, 6) is 0. The number of nitrogens with zero attached hydrogens (tertiary/aromatic N) is 4. The van der Waals surface area contributed by atoms with Gasteiger partial charge in [0.15, 0.2) is 6.10 Å². The van der Waals surface area contributed by atoms with Crippen molar-refractivity contribution in [1.29, 1.82) is 0 Å². The molecule has 0 amide bonds. The lowest BCUT2D eigenvalue weighted by Crippen LogP contribution is -2.29. The Balaban J connectivity index is 1.83. The van der Waals surface area contributed by atoms with Crippen molar-refractivity contribution in [2.45, 2.75) is 32.4 Å². The van der Waals surface area contributed by atoms with Crippen molar-refractivity contribution in [1.82, 2.24) is 14.2 Å². The van der Waals surface area contributed by atoms with Crippen LogP contribution in [0.15, 0.2) is 34.6 Å². The monoisotopic (exact) mass is 246 g/mol. The molecule has 0 aromatic carbocycles. The van der Waals surface area contributed by atoms with Crippen molar-refractivity contribution in [3.05, 3.63) is 35.0 Å². The molecule has 1 atom stereocenters. The Labute approximate surface area is 103 Å². The molecule has 6 heteroatoms. The molecule has 0 fully saturated rings. The average molecular weight is 246 g/mol. The van der Waals surface area contributed by atoms with Crippen molar-refractivity contribution in [2.24, 2.45) is 5.16 Å². The highest BCUT2D eigenvalue weighted by atomic mass is 16.6. The predicted octanol–water partition coefficient (Wildman–Crippen LogP) is 1.05. The van der Waals surface area contributed by atoms with Crippen LogP contribution in [-0.2, 0) is 11.4 Å². The Morgan fingerprint density at radius 2 is 2.44 bits per heavy atom. The van der Waals surface area contributed by atoms with E-state index in [4.69, 9.17) is 4.84 Å². The molecular weight excluding hydrogens is 232 g/mol. The molecule has 18 heavy (non-hydrogen) atoms. The van der Waals surface area contributed by atoms with Crippen molar-refractivity contribution in [3.8, 4) is 0 Å². The summed E-state index contributed by atoms with van der Waals surface area (Å²) in [6, 6.07) is 3.61. The van der Waals surface area contributed by atoms with E-state index in [-0.39, 0.29) is 11.7 Å². The maximum absolute atomic E-state index is 12.1. The van der Waals surface area contributed by atoms with Crippen LogP contribution in [0.5, 0.6) is 0 Å². The maximum atomic E-state index is 12.1. The molecular formula is C12H14N4O2. The quantitative estimate of drug-likeness (QED) is 0.813. The molecule has 0 saturated heterocycles. The zero-order chi connectivity index (χ0) is 12.5. The van der Waals surface area contributed by atoms with Crippen LogP contribution in [0.4, 0.5) is 0 Å². The van der Waals surface area contributed by atoms with E-state index in [2.05, 4.69) is 10.3 Å². The minimum atomic E-state index is -0.101. The highest BCUT2D eigenvalue weighted by Gasteiger charge is 2.21. The van der Waals surface area contributed by atoms with Gasteiger partial charge in [-0.05, 0) is 18.6 Å². The molecule has 0 bridgehead atoms. The van der Waals surface area contributed by atoms with Crippen LogP contribution in [0, 0.1) is 0 Å². The van der Waals surface area contributed by atoms with Gasteiger partial charge in [-0.1, -0.05) is 12.1 Å². The number of aromatic nitrogens is 3. The third-order valence-corrected chi connectivity index (χ3v) is 3.13. The number of hydrogen-bond donors (Lipinski definition) is 0. The molecule has 0 radical (unpaired) electrons. The summed E-state index contributed by atoms with van der Waals surface area (Å²) in [4.78, 5) is 17.4. The van der Waals surface area contributed by atoms with Crippen LogP contribution < -0.4 is 5.56 Å². The van der Waals surface area contributed by atoms with E-state index in [0.717, 1.165) is 18.6 Å². The fourth-order valence-electron chi connectivity index (χ4n) is 2.09. The zero-order valence-corrected chi connectivity index (χ0v) is 10.1. The van der Waals surface area contributed by atoms with Crippen molar-refractivity contribution in [2.75, 3.05) is 0 Å². The Hall–Kier alpha value is -2.11. The van der Waals surface area contributed by atoms with Gasteiger partial charge in [0.05, 0.1) is 12.3 Å². The van der Waals surface area contributed by atoms with Gasteiger partial charge in [-0.15, -0.1) is 0 Å². The Morgan fingerprint density at radius 3 is 3.22 bits per heavy atom. The normalized spacial score (nSPS) is 18.9. The van der Waals surface area contributed by atoms with E-state index in [9.17, 15) is 4.79 Å². The Bertz CT molecular complexity index is 655. The highest BCUT2D eigenvalue weighted by Crippen LogP contribution is 2.13. The Kier molecular flexibility index (Phi) is 2.62. The van der Waals surface area contributed by atoms with Crippen molar-refractivity contribution >= 4 is 11.2 Å². The van der Waals surface area contributed by atoms with E-state index in [1.807, 2.05) is 13.0 Å². The van der Waals surface area contributed by atoms with Gasteiger partial charge in [-0.3, -0.25) is 4.79 Å². The molecule has 2 aromatic rings. The van der Waals surface area contributed by atoms with Gasteiger partial charge < -0.3 is 9.24 Å². The van der Waals surface area contributed by atoms with Crippen LogP contribution in [0.1, 0.15) is 19.8 Å². The van der Waals surface area contributed by atoms with E-state index < -0.39 is 0 Å². The smallest absolute Gasteiger partial charge is 0.291 e. The summed E-state index contributed by atoms with van der Waals surface area (Å²) in [5, 5.41) is 8.11. The highest BCUT2D eigenvalue weighted by molar-refractivity contribution is 5.85. The van der Waals surface area contributed by atoms with Gasteiger partial charge in [0.1, 0.15) is 11.8 Å². The molecule has 1 unspecified atom stereocenters. The fourth-order valence-corrected chi connectivity index (χ4v) is 2.09. The van der Waals surface area contributed by atoms with Crippen LogP contribution in [-0.4, -0.2) is 26.0 Å². The van der Waals surface area contributed by atoms with Gasteiger partial charge >= 0.3 is 0 Å². The van der Waals surface area contributed by atoms with Crippen LogP contribution in [0.3, 0.4) is 0 Å². The number of hydrogen-bond acceptors (Lipinski definition) is 4. The second-order valence-corrected chi connectivity index (χ2v) is 4.36. The third kappa shape index (κ3) is 1.79. The van der Waals surface area contributed by atoms with E-state index in [0.29, 0.717) is 12.1 Å². The van der Waals surface area contributed by atoms with Gasteiger partial charge in [-0.2, -0.15) is 5.10 Å². The molecule has 3 rings (SSSR count). The third-order valence-electron chi connectivity index (χ3n) is 3.13. The second kappa shape index (κ2) is 4.29. The lowest BCUT2D eigenvalue weighted by Gasteiger charge is -2.09. The second-order valence-electron chi connectivity index (χ2n) is 4.36. The number of rotatable bonds is 3. The first-order valence-electron chi connectivity index (χ1n) is 6.02. The fraction of sp³-hybridized carbons (Fsp3) is 0.417. The largest absolute Gasteiger partial charge is 0.390 e. The van der Waals surface area contributed by atoms with Crippen LogP contribution >= 0.6 is 0 Å². The first-order valence-corrected chi connectivity index (χ1v) is 6.02. The lowest BCUT2D eigenvalue weighted by atomic mass is 10.1. The molecule has 0 saturated carbocycles. The summed E-state index contributed by atoms with van der Waals surface area (Å²) in [6.45, 7) is 2.48. The summed E-state index contributed by atoms with van der Waals surface area (Å²) >= 11 is 0. The summed E-state index contributed by atoms with van der Waals surface area (Å²) in [6.07, 6.45) is 5.02. The topological polar surface area (TPSA) is 60.9 Å². The minimum absolute atomic E-state index is 0.0810. The standard InChI is InChI=1S/C12H14N4O2/c1-2-9-6-10(18-14-9)7-16-12(17)11-4-3-5-15(11)8-13-16/h3-5,8,10H,2,6-7H2,1H3. The first kappa shape index (κ1) is 11.0. The van der Waals surface area contributed by atoms with Gasteiger partial charge in [-0.25, -0.2) is 4.68 Å². The van der Waals surface area contributed by atoms with Gasteiger partial charge in [0, 0.05) is 12.6 Å². The molecule has 0 aliphatic carbocycles. The van der Waals surface area contributed by atoms with Crippen molar-refractivity contribution in [3.63, 3.8) is 0 Å². The van der Waals surface area contributed by atoms with E-state index >= 15 is 0 Å². The molecule has 0 N–H and O–H groups in total. The molecule has 3 heterocycles. The Morgan fingerprint density at radius 1 is 1.56 bits per heavy atom. The SMILES string of the molecule is CCC1=NOC(Cn2ncn3cccc3c2=O)C1. The summed E-state index contributed by atoms with van der Waals surface area (Å²) in [5.41, 5.74) is 1.56. The molecule has 6 nitrogen and oxygen atoms in total. The summed E-state index contributed by atoms with van der Waals surface area (Å²) in [7, 11) is 0. The zero-order valence-electron chi connectivity index (χ0n) is 10.1. The first-order chi connectivity index (χ1) is 8.78. The molecule has 2 aromatic heterocycles. The lowest BCUT2D eigenvalue weighted by molar-refractivity contribution is 0.0685. The summed E-state index contributed by atoms with van der Waals surface area (Å²) < 4.78 is 3.15. The van der Waals surface area contributed by atoms with E-state index in [1.165, 1.54) is 4.68 Å². The molecule has 0 spiro atoms. The molecule has 1 aliphatic rings. The van der Waals surface area contributed by atoms with Gasteiger partial charge in [0.25, 0.3) is 5.56 Å². The van der Waals surface area contributed by atoms with Gasteiger partial charge in [0.2, 0.25) is 0 Å². The molecule has 94 valence electrons. The number of fused-ring (bicyclic) bond motifs is 1.